The molecule has 112 valence electrons. The van der Waals surface area contributed by atoms with E-state index in [1.54, 1.807) is 0 Å². The van der Waals surface area contributed by atoms with E-state index in [1.807, 2.05) is 0 Å². The summed E-state index contributed by atoms with van der Waals surface area (Å²) in [5.74, 6) is 1.03. The average molecular weight is 288 g/mol. The van der Waals surface area contributed by atoms with Crippen molar-refractivity contribution in [3.05, 3.63) is 0 Å². The van der Waals surface area contributed by atoms with Crippen molar-refractivity contribution in [1.82, 2.24) is 10.0 Å². The minimum Gasteiger partial charge on any atom is -0.314 e. The van der Waals surface area contributed by atoms with Crippen molar-refractivity contribution in [2.45, 2.75) is 70.4 Å². The largest absolute Gasteiger partial charge is 0.314 e. The van der Waals surface area contributed by atoms with E-state index in [0.29, 0.717) is 6.04 Å². The fraction of sp³-hybridized carbons (Fsp3) is 1.00. The summed E-state index contributed by atoms with van der Waals surface area (Å²) in [5.41, 5.74) is 0. The highest BCUT2D eigenvalue weighted by atomic mass is 32.2. The average Bonchev–Trinajstić information content (AvgIpc) is 2.40. The maximum Gasteiger partial charge on any atom is 0.211 e. The van der Waals surface area contributed by atoms with Gasteiger partial charge in [-0.25, -0.2) is 13.1 Å². The van der Waals surface area contributed by atoms with Gasteiger partial charge in [0.15, 0.2) is 0 Å². The summed E-state index contributed by atoms with van der Waals surface area (Å²) in [6.45, 7) is 3.29. The molecular formula is C14H28N2O2S. The predicted octanol–water partition coefficient (Wildman–Crippen LogP) is 2.02. The summed E-state index contributed by atoms with van der Waals surface area (Å²) in [6, 6.07) is 0.581. The van der Waals surface area contributed by atoms with E-state index in [9.17, 15) is 8.42 Å². The highest BCUT2D eigenvalue weighted by molar-refractivity contribution is 7.89. The molecule has 0 aromatic carbocycles. The molecule has 1 atom stereocenters. The van der Waals surface area contributed by atoms with Gasteiger partial charge in [-0.1, -0.05) is 13.3 Å². The molecule has 0 radical (unpaired) electrons. The normalized spacial score (nSPS) is 33.2. The van der Waals surface area contributed by atoms with Gasteiger partial charge < -0.3 is 5.32 Å². The summed E-state index contributed by atoms with van der Waals surface area (Å²) in [5, 5.41) is 3.41. The molecule has 1 aliphatic carbocycles. The zero-order valence-corrected chi connectivity index (χ0v) is 12.8. The van der Waals surface area contributed by atoms with E-state index < -0.39 is 10.0 Å². The van der Waals surface area contributed by atoms with Crippen LogP contribution in [0, 0.1) is 5.92 Å². The maximum absolute atomic E-state index is 12.1. The Morgan fingerprint density at radius 2 is 1.84 bits per heavy atom. The molecule has 0 aromatic rings. The Balaban J connectivity index is 1.72. The summed E-state index contributed by atoms with van der Waals surface area (Å²) in [7, 11) is -3.09. The van der Waals surface area contributed by atoms with Gasteiger partial charge in [-0.3, -0.25) is 0 Å². The zero-order chi connectivity index (χ0) is 13.7. The first kappa shape index (κ1) is 15.3. The van der Waals surface area contributed by atoms with Crippen LogP contribution in [0.3, 0.4) is 0 Å². The summed E-state index contributed by atoms with van der Waals surface area (Å²) in [6.07, 6.45) is 8.63. The minimum absolute atomic E-state index is 0.181. The van der Waals surface area contributed by atoms with Crippen molar-refractivity contribution in [3.8, 4) is 0 Å². The topological polar surface area (TPSA) is 58.2 Å². The number of piperidine rings is 1. The monoisotopic (exact) mass is 288 g/mol. The predicted molar refractivity (Wildman–Crippen MR) is 78.6 cm³/mol. The molecular weight excluding hydrogens is 260 g/mol. The molecule has 1 heterocycles. The van der Waals surface area contributed by atoms with Gasteiger partial charge >= 0.3 is 0 Å². The van der Waals surface area contributed by atoms with Crippen LogP contribution in [0.15, 0.2) is 0 Å². The molecule has 0 aromatic heterocycles. The second-order valence-corrected chi connectivity index (χ2v) is 8.20. The Labute approximate surface area is 117 Å². The van der Waals surface area contributed by atoms with Crippen LogP contribution >= 0.6 is 0 Å². The Morgan fingerprint density at radius 1 is 1.11 bits per heavy atom. The van der Waals surface area contributed by atoms with E-state index in [1.165, 1.54) is 12.8 Å². The van der Waals surface area contributed by atoms with Crippen LogP contribution in [0.4, 0.5) is 0 Å². The molecule has 5 heteroatoms. The first-order chi connectivity index (χ1) is 9.05. The van der Waals surface area contributed by atoms with Crippen molar-refractivity contribution in [3.63, 3.8) is 0 Å². The number of rotatable bonds is 5. The van der Waals surface area contributed by atoms with Crippen molar-refractivity contribution in [1.29, 1.82) is 0 Å². The van der Waals surface area contributed by atoms with Gasteiger partial charge in [-0.15, -0.1) is 0 Å². The van der Waals surface area contributed by atoms with Gasteiger partial charge in [0.1, 0.15) is 0 Å². The van der Waals surface area contributed by atoms with Crippen molar-refractivity contribution < 1.29 is 8.42 Å². The standard InChI is InChI=1S/C14H28N2O2S/c1-12-5-7-14(8-6-12)16-19(17,18)11-9-13-4-2-3-10-15-13/h12-16H,2-11H2,1H3. The lowest BCUT2D eigenvalue weighted by Gasteiger charge is -2.27. The van der Waals surface area contributed by atoms with Crippen LogP contribution in [0.1, 0.15) is 58.3 Å². The molecule has 1 saturated heterocycles. The number of hydrogen-bond donors (Lipinski definition) is 2. The van der Waals surface area contributed by atoms with Gasteiger partial charge in [0.05, 0.1) is 5.75 Å². The molecule has 0 spiro atoms. The molecule has 0 amide bonds. The Bertz CT molecular complexity index is 356. The zero-order valence-electron chi connectivity index (χ0n) is 12.0. The fourth-order valence-corrected chi connectivity index (χ4v) is 4.61. The molecule has 19 heavy (non-hydrogen) atoms. The number of nitrogens with one attached hydrogen (secondary N) is 2. The van der Waals surface area contributed by atoms with Crippen LogP contribution in [-0.4, -0.2) is 32.8 Å². The van der Waals surface area contributed by atoms with Crippen molar-refractivity contribution >= 4 is 10.0 Å². The first-order valence-corrected chi connectivity index (χ1v) is 9.44. The quantitative estimate of drug-likeness (QED) is 0.813. The molecule has 2 N–H and O–H groups in total. The van der Waals surface area contributed by atoms with Crippen LogP contribution in [0.25, 0.3) is 0 Å². The van der Waals surface area contributed by atoms with Gasteiger partial charge in [0.2, 0.25) is 10.0 Å². The molecule has 1 aliphatic heterocycles. The first-order valence-electron chi connectivity index (χ1n) is 7.78. The summed E-state index contributed by atoms with van der Waals surface area (Å²) >= 11 is 0. The van der Waals surface area contributed by atoms with Crippen LogP contribution in [-0.2, 0) is 10.0 Å². The second kappa shape index (κ2) is 7.04. The smallest absolute Gasteiger partial charge is 0.211 e. The maximum atomic E-state index is 12.1. The molecule has 1 saturated carbocycles. The van der Waals surface area contributed by atoms with E-state index in [0.717, 1.165) is 51.0 Å². The number of hydrogen-bond acceptors (Lipinski definition) is 3. The van der Waals surface area contributed by atoms with Gasteiger partial charge in [-0.2, -0.15) is 0 Å². The molecule has 2 fully saturated rings. The van der Waals surface area contributed by atoms with E-state index >= 15 is 0 Å². The molecule has 2 aliphatic rings. The SMILES string of the molecule is CC1CCC(NS(=O)(=O)CCC2CCCCN2)CC1. The highest BCUT2D eigenvalue weighted by Gasteiger charge is 2.23. The van der Waals surface area contributed by atoms with Gasteiger partial charge in [-0.05, 0) is 57.4 Å². The lowest BCUT2D eigenvalue weighted by atomic mass is 9.88. The fourth-order valence-electron chi connectivity index (χ4n) is 3.16. The summed E-state index contributed by atoms with van der Waals surface area (Å²) in [4.78, 5) is 0. The van der Waals surface area contributed by atoms with E-state index in [-0.39, 0.29) is 11.8 Å². The lowest BCUT2D eigenvalue weighted by Crippen LogP contribution is -2.41. The number of sulfonamides is 1. The van der Waals surface area contributed by atoms with Crippen LogP contribution in [0.2, 0.25) is 0 Å². The Hall–Kier alpha value is -0.130. The van der Waals surface area contributed by atoms with Crippen molar-refractivity contribution in [2.24, 2.45) is 5.92 Å². The molecule has 1 unspecified atom stereocenters. The van der Waals surface area contributed by atoms with Crippen LogP contribution < -0.4 is 10.0 Å². The van der Waals surface area contributed by atoms with Crippen molar-refractivity contribution in [2.75, 3.05) is 12.3 Å². The Kier molecular flexibility index (Phi) is 5.66. The lowest BCUT2D eigenvalue weighted by molar-refractivity contribution is 0.331. The third-order valence-electron chi connectivity index (χ3n) is 4.51. The minimum atomic E-state index is -3.09. The summed E-state index contributed by atoms with van der Waals surface area (Å²) < 4.78 is 27.1. The van der Waals surface area contributed by atoms with Crippen LogP contribution in [0.5, 0.6) is 0 Å². The van der Waals surface area contributed by atoms with Gasteiger partial charge in [0, 0.05) is 12.1 Å². The second-order valence-electron chi connectivity index (χ2n) is 6.33. The third-order valence-corrected chi connectivity index (χ3v) is 5.98. The highest BCUT2D eigenvalue weighted by Crippen LogP contribution is 2.24. The molecule has 2 rings (SSSR count). The van der Waals surface area contributed by atoms with E-state index in [2.05, 4.69) is 17.0 Å². The Morgan fingerprint density at radius 3 is 2.47 bits per heavy atom. The third kappa shape index (κ3) is 5.40. The molecule has 4 nitrogen and oxygen atoms in total. The van der Waals surface area contributed by atoms with E-state index in [4.69, 9.17) is 0 Å². The van der Waals surface area contributed by atoms with Gasteiger partial charge in [0.25, 0.3) is 0 Å². The molecule has 0 bridgehead atoms.